The smallest absolute Gasteiger partial charge is 0.0751 e. The largest absolute Gasteiger partial charge is 0.330 e. The van der Waals surface area contributed by atoms with Gasteiger partial charge in [0.1, 0.15) is 0 Å². The molecule has 2 aromatic rings. The van der Waals surface area contributed by atoms with Crippen molar-refractivity contribution in [3.05, 3.63) is 40.0 Å². The van der Waals surface area contributed by atoms with Crippen molar-refractivity contribution in [1.82, 2.24) is 4.98 Å². The van der Waals surface area contributed by atoms with E-state index in [-0.39, 0.29) is 0 Å². The molecule has 18 heavy (non-hydrogen) atoms. The zero-order valence-electron chi connectivity index (χ0n) is 11.1. The predicted octanol–water partition coefficient (Wildman–Crippen LogP) is 3.64. The number of halogens is 1. The summed E-state index contributed by atoms with van der Waals surface area (Å²) >= 11 is 6.17. The molecule has 0 saturated heterocycles. The van der Waals surface area contributed by atoms with Crippen molar-refractivity contribution >= 4 is 22.5 Å². The van der Waals surface area contributed by atoms with Crippen LogP contribution in [0.3, 0.4) is 0 Å². The third-order valence-corrected chi connectivity index (χ3v) is 3.80. The van der Waals surface area contributed by atoms with Crippen molar-refractivity contribution in [3.8, 4) is 0 Å². The first-order valence-electron chi connectivity index (χ1n) is 6.28. The molecule has 1 atom stereocenters. The Balaban J connectivity index is 2.56. The lowest BCUT2D eigenvalue weighted by Gasteiger charge is -2.12. The monoisotopic (exact) mass is 262 g/mol. The Morgan fingerprint density at radius 2 is 2.06 bits per heavy atom. The minimum atomic E-state index is 0.453. The first-order chi connectivity index (χ1) is 8.52. The summed E-state index contributed by atoms with van der Waals surface area (Å²) in [5.74, 6) is 0.453. The topological polar surface area (TPSA) is 38.9 Å². The highest BCUT2D eigenvalue weighted by Crippen LogP contribution is 2.27. The van der Waals surface area contributed by atoms with Gasteiger partial charge in [-0.3, -0.25) is 4.98 Å². The van der Waals surface area contributed by atoms with Crippen LogP contribution >= 0.6 is 11.6 Å². The van der Waals surface area contributed by atoms with Crippen molar-refractivity contribution in [2.45, 2.75) is 27.2 Å². The van der Waals surface area contributed by atoms with E-state index in [4.69, 9.17) is 22.3 Å². The quantitative estimate of drug-likeness (QED) is 0.917. The Morgan fingerprint density at radius 1 is 1.33 bits per heavy atom. The number of nitrogens with zero attached hydrogens (tertiary/aromatic N) is 1. The third kappa shape index (κ3) is 2.50. The van der Waals surface area contributed by atoms with Crippen LogP contribution < -0.4 is 5.73 Å². The van der Waals surface area contributed by atoms with Gasteiger partial charge in [0.15, 0.2) is 0 Å². The van der Waals surface area contributed by atoms with Crippen LogP contribution in [0.4, 0.5) is 0 Å². The van der Waals surface area contributed by atoms with E-state index >= 15 is 0 Å². The Hall–Kier alpha value is -1.12. The van der Waals surface area contributed by atoms with Gasteiger partial charge in [0.2, 0.25) is 0 Å². The number of aryl methyl sites for hydroxylation is 2. The molecule has 1 aromatic carbocycles. The Kier molecular flexibility index (Phi) is 3.88. The van der Waals surface area contributed by atoms with Crippen molar-refractivity contribution in [2.75, 3.05) is 6.54 Å². The Morgan fingerprint density at radius 3 is 2.72 bits per heavy atom. The van der Waals surface area contributed by atoms with Crippen molar-refractivity contribution in [2.24, 2.45) is 11.7 Å². The number of aromatic nitrogens is 1. The lowest BCUT2D eigenvalue weighted by atomic mass is 10.0. The van der Waals surface area contributed by atoms with Gasteiger partial charge in [-0.25, -0.2) is 0 Å². The molecule has 96 valence electrons. The molecule has 1 heterocycles. The molecule has 3 heteroatoms. The summed E-state index contributed by atoms with van der Waals surface area (Å²) in [7, 11) is 0. The molecular weight excluding hydrogens is 244 g/mol. The summed E-state index contributed by atoms with van der Waals surface area (Å²) < 4.78 is 0. The normalized spacial score (nSPS) is 12.9. The van der Waals surface area contributed by atoms with Crippen LogP contribution in [-0.4, -0.2) is 11.5 Å². The summed E-state index contributed by atoms with van der Waals surface area (Å²) in [5.41, 5.74) is 10.1. The summed E-state index contributed by atoms with van der Waals surface area (Å²) in [5, 5.41) is 1.96. The number of hydrogen-bond acceptors (Lipinski definition) is 2. The number of fused-ring (bicyclic) bond motifs is 1. The fourth-order valence-corrected chi connectivity index (χ4v) is 2.34. The van der Waals surface area contributed by atoms with Crippen LogP contribution in [0.5, 0.6) is 0 Å². The molecule has 0 saturated carbocycles. The maximum absolute atomic E-state index is 6.17. The van der Waals surface area contributed by atoms with Gasteiger partial charge < -0.3 is 5.73 Å². The van der Waals surface area contributed by atoms with E-state index in [1.165, 1.54) is 10.9 Å². The Labute approximate surface area is 113 Å². The van der Waals surface area contributed by atoms with Gasteiger partial charge >= 0.3 is 0 Å². The number of pyridine rings is 1. The standard InChI is InChI=1S/C15H19ClN2/c1-9(8-17)6-12-7-10(2)13-4-5-14(16)11(3)15(13)18-12/h4-5,7,9H,6,8,17H2,1-3H3. The van der Waals surface area contributed by atoms with Crippen LogP contribution in [0.25, 0.3) is 10.9 Å². The molecule has 0 aliphatic rings. The van der Waals surface area contributed by atoms with Gasteiger partial charge in [-0.15, -0.1) is 0 Å². The van der Waals surface area contributed by atoms with Gasteiger partial charge in [-0.05, 0) is 56.0 Å². The van der Waals surface area contributed by atoms with Crippen molar-refractivity contribution < 1.29 is 0 Å². The van der Waals surface area contributed by atoms with Crippen LogP contribution in [0.15, 0.2) is 18.2 Å². The first kappa shape index (κ1) is 13.3. The van der Waals surface area contributed by atoms with Gasteiger partial charge in [0, 0.05) is 16.1 Å². The lowest BCUT2D eigenvalue weighted by Crippen LogP contribution is -2.14. The van der Waals surface area contributed by atoms with Crippen molar-refractivity contribution in [1.29, 1.82) is 0 Å². The molecule has 2 nitrogen and oxygen atoms in total. The molecule has 0 aliphatic heterocycles. The molecule has 0 aliphatic carbocycles. The second-order valence-corrected chi connectivity index (χ2v) is 5.45. The fraction of sp³-hybridized carbons (Fsp3) is 0.400. The van der Waals surface area contributed by atoms with Crippen LogP contribution in [-0.2, 0) is 6.42 Å². The average molecular weight is 263 g/mol. The van der Waals surface area contributed by atoms with E-state index in [9.17, 15) is 0 Å². The SMILES string of the molecule is Cc1cc(CC(C)CN)nc2c(C)c(Cl)ccc12. The highest BCUT2D eigenvalue weighted by Gasteiger charge is 2.09. The summed E-state index contributed by atoms with van der Waals surface area (Å²) in [6, 6.07) is 6.14. The highest BCUT2D eigenvalue weighted by atomic mass is 35.5. The molecule has 0 fully saturated rings. The second-order valence-electron chi connectivity index (χ2n) is 5.04. The van der Waals surface area contributed by atoms with E-state index in [0.717, 1.165) is 28.2 Å². The van der Waals surface area contributed by atoms with E-state index in [0.29, 0.717) is 12.5 Å². The molecule has 0 spiro atoms. The van der Waals surface area contributed by atoms with Gasteiger partial charge in [-0.2, -0.15) is 0 Å². The minimum Gasteiger partial charge on any atom is -0.330 e. The summed E-state index contributed by atoms with van der Waals surface area (Å²) in [4.78, 5) is 4.74. The molecule has 0 radical (unpaired) electrons. The number of hydrogen-bond donors (Lipinski definition) is 1. The summed E-state index contributed by atoms with van der Waals surface area (Å²) in [6.07, 6.45) is 0.916. The van der Waals surface area contributed by atoms with E-state index in [2.05, 4.69) is 19.9 Å². The highest BCUT2D eigenvalue weighted by molar-refractivity contribution is 6.32. The predicted molar refractivity (Wildman–Crippen MR) is 78.1 cm³/mol. The van der Waals surface area contributed by atoms with Crippen LogP contribution in [0, 0.1) is 19.8 Å². The molecule has 0 amide bonds. The van der Waals surface area contributed by atoms with Gasteiger partial charge in [-0.1, -0.05) is 24.6 Å². The van der Waals surface area contributed by atoms with Crippen LogP contribution in [0.2, 0.25) is 5.02 Å². The summed E-state index contributed by atoms with van der Waals surface area (Å²) in [6.45, 7) is 6.97. The Bertz CT molecular complexity index is 578. The molecule has 2 N–H and O–H groups in total. The zero-order valence-corrected chi connectivity index (χ0v) is 11.9. The third-order valence-electron chi connectivity index (χ3n) is 3.39. The molecule has 2 rings (SSSR count). The van der Waals surface area contributed by atoms with E-state index in [1.807, 2.05) is 19.1 Å². The number of benzene rings is 1. The second kappa shape index (κ2) is 5.25. The maximum Gasteiger partial charge on any atom is 0.0751 e. The van der Waals surface area contributed by atoms with Crippen molar-refractivity contribution in [3.63, 3.8) is 0 Å². The molecule has 1 unspecified atom stereocenters. The average Bonchev–Trinajstić information content (AvgIpc) is 2.34. The number of nitrogens with two attached hydrogens (primary N) is 1. The number of rotatable bonds is 3. The van der Waals surface area contributed by atoms with Gasteiger partial charge in [0.05, 0.1) is 5.52 Å². The van der Waals surface area contributed by atoms with E-state index < -0.39 is 0 Å². The zero-order chi connectivity index (χ0) is 13.3. The minimum absolute atomic E-state index is 0.453. The first-order valence-corrected chi connectivity index (χ1v) is 6.66. The maximum atomic E-state index is 6.17. The van der Waals surface area contributed by atoms with Gasteiger partial charge in [0.25, 0.3) is 0 Å². The lowest BCUT2D eigenvalue weighted by molar-refractivity contribution is 0.585. The molecule has 0 bridgehead atoms. The molecular formula is C15H19ClN2. The van der Waals surface area contributed by atoms with Crippen LogP contribution in [0.1, 0.15) is 23.7 Å². The fourth-order valence-electron chi connectivity index (χ4n) is 2.19. The van der Waals surface area contributed by atoms with E-state index in [1.54, 1.807) is 0 Å². The molecule has 1 aromatic heterocycles.